The Morgan fingerprint density at radius 1 is 1.09 bits per heavy atom. The summed E-state index contributed by atoms with van der Waals surface area (Å²) in [6.07, 6.45) is 2.29. The van der Waals surface area contributed by atoms with E-state index in [0.29, 0.717) is 12.2 Å². The summed E-state index contributed by atoms with van der Waals surface area (Å²) in [5.41, 5.74) is 2.37. The molecule has 2 aromatic heterocycles. The topological polar surface area (TPSA) is 55.1 Å². The van der Waals surface area contributed by atoms with Crippen molar-refractivity contribution in [2.24, 2.45) is 0 Å². The fourth-order valence-corrected chi connectivity index (χ4v) is 2.12. The minimum absolute atomic E-state index is 0. The van der Waals surface area contributed by atoms with Crippen LogP contribution in [-0.2, 0) is 6.42 Å². The highest BCUT2D eigenvalue weighted by atomic mass is 35.5. The van der Waals surface area contributed by atoms with Gasteiger partial charge >= 0.3 is 0 Å². The third-order valence-corrected chi connectivity index (χ3v) is 3.29. The van der Waals surface area contributed by atoms with Crippen molar-refractivity contribution in [3.63, 3.8) is 0 Å². The van der Waals surface area contributed by atoms with Crippen molar-refractivity contribution in [3.8, 4) is 0 Å². The van der Waals surface area contributed by atoms with Crippen LogP contribution in [0.1, 0.15) is 27.4 Å². The van der Waals surface area contributed by atoms with Crippen LogP contribution in [0.25, 0.3) is 0 Å². The van der Waals surface area contributed by atoms with Crippen LogP contribution in [0.15, 0.2) is 65.2 Å². The maximum Gasteiger partial charge on any atom is 0.292 e. The fourth-order valence-electron chi connectivity index (χ4n) is 2.12. The lowest BCUT2D eigenvalue weighted by Gasteiger charge is -2.01. The Bertz CT molecular complexity index is 767. The maximum absolute atomic E-state index is 12.1. The number of rotatable bonds is 4. The molecule has 0 unspecified atom stereocenters. The van der Waals surface area contributed by atoms with Crippen molar-refractivity contribution in [2.75, 3.05) is 5.32 Å². The number of amides is 1. The van der Waals surface area contributed by atoms with Gasteiger partial charge in [-0.25, -0.2) is 4.98 Å². The van der Waals surface area contributed by atoms with Crippen LogP contribution in [0.4, 0.5) is 5.82 Å². The summed E-state index contributed by atoms with van der Waals surface area (Å²) in [4.78, 5) is 16.1. The Balaban J connectivity index is 0.00000192. The summed E-state index contributed by atoms with van der Waals surface area (Å²) in [6.45, 7) is 2.05. The van der Waals surface area contributed by atoms with Gasteiger partial charge in [-0.3, -0.25) is 4.79 Å². The molecule has 5 heteroatoms. The zero-order valence-corrected chi connectivity index (χ0v) is 13.5. The molecular weight excluding hydrogens is 312 g/mol. The van der Waals surface area contributed by atoms with Crippen molar-refractivity contribution >= 4 is 24.1 Å². The zero-order valence-electron chi connectivity index (χ0n) is 12.7. The van der Waals surface area contributed by atoms with E-state index in [4.69, 9.17) is 4.42 Å². The van der Waals surface area contributed by atoms with E-state index in [9.17, 15) is 4.79 Å². The molecule has 0 fully saturated rings. The molecule has 1 amide bonds. The van der Waals surface area contributed by atoms with Gasteiger partial charge in [0, 0.05) is 12.6 Å². The highest BCUT2D eigenvalue weighted by Gasteiger charge is 2.12. The Hall–Kier alpha value is -2.59. The summed E-state index contributed by atoms with van der Waals surface area (Å²) < 4.78 is 5.61. The van der Waals surface area contributed by atoms with Gasteiger partial charge in [-0.05, 0) is 36.8 Å². The number of nitrogens with one attached hydrogen (secondary N) is 1. The Morgan fingerprint density at radius 2 is 1.87 bits per heavy atom. The minimum Gasteiger partial charge on any atom is -0.456 e. The quantitative estimate of drug-likeness (QED) is 0.779. The van der Waals surface area contributed by atoms with Crippen LogP contribution >= 0.6 is 12.4 Å². The van der Waals surface area contributed by atoms with E-state index < -0.39 is 0 Å². The maximum atomic E-state index is 12.1. The molecule has 0 spiro atoms. The van der Waals surface area contributed by atoms with Crippen LogP contribution in [-0.4, -0.2) is 10.9 Å². The summed E-state index contributed by atoms with van der Waals surface area (Å²) in [7, 11) is 0. The number of benzene rings is 1. The van der Waals surface area contributed by atoms with Crippen LogP contribution < -0.4 is 5.32 Å². The van der Waals surface area contributed by atoms with Gasteiger partial charge in [-0.15, -0.1) is 12.4 Å². The monoisotopic (exact) mass is 328 g/mol. The third-order valence-electron chi connectivity index (χ3n) is 3.29. The first-order chi connectivity index (χ1) is 10.7. The average Bonchev–Trinajstić information content (AvgIpc) is 2.99. The van der Waals surface area contributed by atoms with Crippen molar-refractivity contribution in [1.29, 1.82) is 0 Å². The Kier molecular flexibility index (Phi) is 5.55. The van der Waals surface area contributed by atoms with Gasteiger partial charge in [0.15, 0.2) is 5.76 Å². The average molecular weight is 329 g/mol. The molecule has 0 saturated carbocycles. The number of hydrogen-bond donors (Lipinski definition) is 1. The molecule has 2 heterocycles. The largest absolute Gasteiger partial charge is 0.456 e. The van der Waals surface area contributed by atoms with Crippen molar-refractivity contribution in [1.82, 2.24) is 4.98 Å². The second kappa shape index (κ2) is 7.61. The highest BCUT2D eigenvalue weighted by molar-refractivity contribution is 6.01. The molecule has 0 radical (unpaired) electrons. The van der Waals surface area contributed by atoms with Crippen LogP contribution in [0, 0.1) is 6.92 Å². The molecule has 0 aliphatic carbocycles. The van der Waals surface area contributed by atoms with Crippen molar-refractivity contribution in [2.45, 2.75) is 13.3 Å². The predicted octanol–water partition coefficient (Wildman–Crippen LogP) is 4.25. The Morgan fingerprint density at radius 3 is 2.57 bits per heavy atom. The lowest BCUT2D eigenvalue weighted by molar-refractivity contribution is 0.0994. The van der Waals surface area contributed by atoms with Gasteiger partial charge < -0.3 is 9.73 Å². The SMILES string of the molecule is Cc1ccc(Cc2ccc(C(=O)Nc3ccccn3)o2)cc1.Cl. The van der Waals surface area contributed by atoms with E-state index in [0.717, 1.165) is 11.3 Å². The van der Waals surface area contributed by atoms with Gasteiger partial charge in [0.2, 0.25) is 0 Å². The number of aryl methyl sites for hydroxylation is 1. The van der Waals surface area contributed by atoms with Crippen LogP contribution in [0.2, 0.25) is 0 Å². The van der Waals surface area contributed by atoms with Crippen LogP contribution in [0.5, 0.6) is 0 Å². The van der Waals surface area contributed by atoms with Gasteiger partial charge in [0.05, 0.1) is 0 Å². The molecule has 23 heavy (non-hydrogen) atoms. The molecule has 0 aliphatic rings. The van der Waals surface area contributed by atoms with Gasteiger partial charge in [0.25, 0.3) is 5.91 Å². The van der Waals surface area contributed by atoms with E-state index in [-0.39, 0.29) is 24.1 Å². The molecule has 4 nitrogen and oxygen atoms in total. The number of carbonyl (C=O) groups is 1. The first-order valence-electron chi connectivity index (χ1n) is 7.07. The van der Waals surface area contributed by atoms with E-state index in [1.165, 1.54) is 5.56 Å². The number of carbonyl (C=O) groups excluding carboxylic acids is 1. The number of pyridine rings is 1. The first kappa shape index (κ1) is 16.8. The van der Waals surface area contributed by atoms with E-state index in [1.54, 1.807) is 24.4 Å². The number of halogens is 1. The second-order valence-electron chi connectivity index (χ2n) is 5.10. The van der Waals surface area contributed by atoms with Gasteiger partial charge in [-0.2, -0.15) is 0 Å². The lowest BCUT2D eigenvalue weighted by Crippen LogP contribution is -2.11. The van der Waals surface area contributed by atoms with E-state index in [2.05, 4.69) is 41.5 Å². The molecule has 0 bridgehead atoms. The first-order valence-corrected chi connectivity index (χ1v) is 7.07. The number of hydrogen-bond acceptors (Lipinski definition) is 3. The van der Waals surface area contributed by atoms with Gasteiger partial charge in [0.1, 0.15) is 11.6 Å². The second-order valence-corrected chi connectivity index (χ2v) is 5.10. The smallest absolute Gasteiger partial charge is 0.292 e. The van der Waals surface area contributed by atoms with E-state index in [1.807, 2.05) is 12.1 Å². The van der Waals surface area contributed by atoms with Crippen molar-refractivity contribution in [3.05, 3.63) is 83.4 Å². The normalized spacial score (nSPS) is 9.96. The van der Waals surface area contributed by atoms with Crippen molar-refractivity contribution < 1.29 is 9.21 Å². The molecule has 0 saturated heterocycles. The number of anilines is 1. The molecule has 3 rings (SSSR count). The van der Waals surface area contributed by atoms with Gasteiger partial charge in [-0.1, -0.05) is 35.9 Å². The molecule has 3 aromatic rings. The summed E-state index contributed by atoms with van der Waals surface area (Å²) >= 11 is 0. The minimum atomic E-state index is -0.297. The Labute approximate surface area is 141 Å². The zero-order chi connectivity index (χ0) is 15.4. The standard InChI is InChI=1S/C18H16N2O2.ClH/c1-13-5-7-14(8-6-13)12-15-9-10-16(22-15)18(21)20-17-4-2-3-11-19-17;/h2-11H,12H2,1H3,(H,19,20,21);1H. The highest BCUT2D eigenvalue weighted by Crippen LogP contribution is 2.15. The molecule has 0 atom stereocenters. The summed E-state index contributed by atoms with van der Waals surface area (Å²) in [5.74, 6) is 1.25. The molecule has 1 N–H and O–H groups in total. The fraction of sp³-hybridized carbons (Fsp3) is 0.111. The van der Waals surface area contributed by atoms with E-state index >= 15 is 0 Å². The summed E-state index contributed by atoms with van der Waals surface area (Å²) in [6, 6.07) is 17.1. The lowest BCUT2D eigenvalue weighted by atomic mass is 10.1. The predicted molar refractivity (Wildman–Crippen MR) is 92.1 cm³/mol. The molecule has 0 aliphatic heterocycles. The molecule has 1 aromatic carbocycles. The third kappa shape index (κ3) is 4.44. The number of aromatic nitrogens is 1. The number of nitrogens with zero attached hydrogens (tertiary/aromatic N) is 1. The number of furan rings is 1. The molecular formula is C18H17ClN2O2. The molecule has 118 valence electrons. The summed E-state index contributed by atoms with van der Waals surface area (Å²) in [5, 5.41) is 2.70. The van der Waals surface area contributed by atoms with Crippen LogP contribution in [0.3, 0.4) is 0 Å².